The zero-order valence-corrected chi connectivity index (χ0v) is 21.5. The van der Waals surface area contributed by atoms with Gasteiger partial charge in [0.1, 0.15) is 0 Å². The van der Waals surface area contributed by atoms with Crippen molar-refractivity contribution in [3.63, 3.8) is 0 Å². The zero-order valence-electron chi connectivity index (χ0n) is 19.8. The van der Waals surface area contributed by atoms with E-state index in [0.29, 0.717) is 17.0 Å². The summed E-state index contributed by atoms with van der Waals surface area (Å²) in [7, 11) is -3.23. The van der Waals surface area contributed by atoms with Crippen molar-refractivity contribution in [1.82, 2.24) is 5.32 Å². The van der Waals surface area contributed by atoms with Gasteiger partial charge in [0.25, 0.3) is 5.91 Å². The van der Waals surface area contributed by atoms with Crippen LogP contribution in [0.15, 0.2) is 106 Å². The molecule has 4 aromatic rings. The molecule has 2 N–H and O–H groups in total. The standard InChI is InChI=1S/C29H26N2O3S2/c1-2-36(33,34)24-12-8-21(9-13-24)19-30-29(32)23-11-15-27-26(18-23)31-25-14-10-22(17-28(25)35-27)16-20-6-4-3-5-7-20/h3-15,17-18,31H,2,16,19H2,1H3,(H,30,32). The molecule has 0 aliphatic carbocycles. The second kappa shape index (κ2) is 10.2. The van der Waals surface area contributed by atoms with Crippen LogP contribution in [0.4, 0.5) is 11.4 Å². The summed E-state index contributed by atoms with van der Waals surface area (Å²) in [6, 6.07) is 29.2. The summed E-state index contributed by atoms with van der Waals surface area (Å²) in [4.78, 5) is 15.3. The molecule has 0 radical (unpaired) electrons. The van der Waals surface area contributed by atoms with E-state index in [9.17, 15) is 13.2 Å². The molecule has 1 heterocycles. The first kappa shape index (κ1) is 24.2. The molecule has 5 nitrogen and oxygen atoms in total. The molecule has 36 heavy (non-hydrogen) atoms. The average Bonchev–Trinajstić information content (AvgIpc) is 2.91. The van der Waals surface area contributed by atoms with Crippen LogP contribution in [0.2, 0.25) is 0 Å². The zero-order chi connectivity index (χ0) is 25.1. The molecule has 0 atom stereocenters. The van der Waals surface area contributed by atoms with E-state index < -0.39 is 9.84 Å². The van der Waals surface area contributed by atoms with Gasteiger partial charge >= 0.3 is 0 Å². The smallest absolute Gasteiger partial charge is 0.251 e. The summed E-state index contributed by atoms with van der Waals surface area (Å²) in [6.45, 7) is 1.94. The van der Waals surface area contributed by atoms with E-state index in [4.69, 9.17) is 0 Å². The molecule has 4 aromatic carbocycles. The highest BCUT2D eigenvalue weighted by atomic mass is 32.2. The van der Waals surface area contributed by atoms with Crippen molar-refractivity contribution < 1.29 is 13.2 Å². The fraction of sp³-hybridized carbons (Fsp3) is 0.138. The number of hydrogen-bond donors (Lipinski definition) is 2. The first-order valence-electron chi connectivity index (χ1n) is 11.8. The number of benzene rings is 4. The second-order valence-electron chi connectivity index (χ2n) is 8.66. The molecule has 1 amide bonds. The predicted molar refractivity (Wildman–Crippen MR) is 145 cm³/mol. The van der Waals surface area contributed by atoms with Crippen LogP contribution >= 0.6 is 11.8 Å². The van der Waals surface area contributed by atoms with Gasteiger partial charge in [0.05, 0.1) is 22.0 Å². The number of sulfone groups is 1. The van der Waals surface area contributed by atoms with Crippen molar-refractivity contribution in [1.29, 1.82) is 0 Å². The molecule has 0 unspecified atom stereocenters. The molecule has 1 aliphatic rings. The van der Waals surface area contributed by atoms with Gasteiger partial charge in [0, 0.05) is 21.9 Å². The third kappa shape index (κ3) is 5.32. The van der Waals surface area contributed by atoms with Crippen LogP contribution in [-0.4, -0.2) is 20.1 Å². The van der Waals surface area contributed by atoms with Crippen LogP contribution < -0.4 is 10.6 Å². The van der Waals surface area contributed by atoms with E-state index in [-0.39, 0.29) is 11.7 Å². The SMILES string of the molecule is CCS(=O)(=O)c1ccc(CNC(=O)c2ccc3c(c2)Nc2ccc(Cc4ccccc4)cc2S3)cc1. The first-order chi connectivity index (χ1) is 17.4. The van der Waals surface area contributed by atoms with Crippen LogP contribution in [0.25, 0.3) is 0 Å². The second-order valence-corrected chi connectivity index (χ2v) is 12.0. The minimum absolute atomic E-state index is 0.0626. The molecule has 1 aliphatic heterocycles. The fourth-order valence-corrected chi connectivity index (χ4v) is 6.00. The van der Waals surface area contributed by atoms with Crippen molar-refractivity contribution in [2.75, 3.05) is 11.1 Å². The van der Waals surface area contributed by atoms with Crippen LogP contribution in [0, 0.1) is 0 Å². The van der Waals surface area contributed by atoms with Crippen molar-refractivity contribution in [3.8, 4) is 0 Å². The summed E-state index contributed by atoms with van der Waals surface area (Å²) in [5.74, 6) is -0.119. The Morgan fingerprint density at radius 1 is 0.806 bits per heavy atom. The van der Waals surface area contributed by atoms with Crippen molar-refractivity contribution in [2.45, 2.75) is 34.6 Å². The minimum Gasteiger partial charge on any atom is -0.354 e. The monoisotopic (exact) mass is 514 g/mol. The molecular weight excluding hydrogens is 488 g/mol. The van der Waals surface area contributed by atoms with Gasteiger partial charge in [-0.25, -0.2) is 8.42 Å². The maximum atomic E-state index is 12.8. The average molecular weight is 515 g/mol. The van der Waals surface area contributed by atoms with Gasteiger partial charge in [0.15, 0.2) is 9.84 Å². The number of fused-ring (bicyclic) bond motifs is 2. The Hall–Kier alpha value is -3.55. The predicted octanol–water partition coefficient (Wildman–Crippen LogP) is 6.21. The lowest BCUT2D eigenvalue weighted by atomic mass is 10.0. The molecule has 0 fully saturated rings. The summed E-state index contributed by atoms with van der Waals surface area (Å²) >= 11 is 1.70. The molecule has 0 saturated carbocycles. The molecule has 0 spiro atoms. The normalized spacial score (nSPS) is 12.2. The third-order valence-electron chi connectivity index (χ3n) is 6.14. The van der Waals surface area contributed by atoms with Crippen molar-refractivity contribution >= 4 is 38.9 Å². The molecule has 0 bridgehead atoms. The van der Waals surface area contributed by atoms with Gasteiger partial charge in [-0.15, -0.1) is 0 Å². The Labute approximate surface area is 215 Å². The number of nitrogens with one attached hydrogen (secondary N) is 2. The maximum absolute atomic E-state index is 12.8. The number of amides is 1. The number of rotatable bonds is 7. The van der Waals surface area contributed by atoms with Gasteiger partial charge < -0.3 is 10.6 Å². The van der Waals surface area contributed by atoms with E-state index in [1.807, 2.05) is 24.3 Å². The molecule has 0 aromatic heterocycles. The highest BCUT2D eigenvalue weighted by Crippen LogP contribution is 2.44. The highest BCUT2D eigenvalue weighted by molar-refractivity contribution is 7.99. The van der Waals surface area contributed by atoms with Crippen molar-refractivity contribution in [2.24, 2.45) is 0 Å². The number of anilines is 2. The third-order valence-corrected chi connectivity index (χ3v) is 9.03. The Bertz CT molecular complexity index is 1520. The summed E-state index contributed by atoms with van der Waals surface area (Å²) in [5, 5.41) is 6.39. The van der Waals surface area contributed by atoms with E-state index in [1.165, 1.54) is 16.0 Å². The Kier molecular flexibility index (Phi) is 6.85. The van der Waals surface area contributed by atoms with Gasteiger partial charge in [-0.1, -0.05) is 67.2 Å². The molecule has 7 heteroatoms. The molecule has 182 valence electrons. The minimum atomic E-state index is -3.23. The van der Waals surface area contributed by atoms with Crippen molar-refractivity contribution in [3.05, 3.63) is 113 Å². The van der Waals surface area contributed by atoms with Gasteiger partial charge in [0.2, 0.25) is 0 Å². The van der Waals surface area contributed by atoms with Gasteiger partial charge in [-0.05, 0) is 65.6 Å². The lowest BCUT2D eigenvalue weighted by molar-refractivity contribution is 0.0951. The quantitative estimate of drug-likeness (QED) is 0.270. The van der Waals surface area contributed by atoms with E-state index in [2.05, 4.69) is 53.1 Å². The van der Waals surface area contributed by atoms with Crippen LogP contribution in [0.1, 0.15) is 34.0 Å². The Morgan fingerprint density at radius 2 is 1.56 bits per heavy atom. The molecule has 0 saturated heterocycles. The summed E-state index contributed by atoms with van der Waals surface area (Å²) < 4.78 is 23.9. The number of carbonyl (C=O) groups excluding carboxylic acids is 1. The molecular formula is C29H26N2O3S2. The Morgan fingerprint density at radius 3 is 2.31 bits per heavy atom. The summed E-state index contributed by atoms with van der Waals surface area (Å²) in [6.07, 6.45) is 0.887. The summed E-state index contributed by atoms with van der Waals surface area (Å²) in [5.41, 5.74) is 5.88. The fourth-order valence-electron chi connectivity index (χ4n) is 4.08. The van der Waals surface area contributed by atoms with Gasteiger partial charge in [-0.3, -0.25) is 4.79 Å². The van der Waals surface area contributed by atoms with Crippen LogP contribution in [0.3, 0.4) is 0 Å². The Balaban J connectivity index is 1.24. The lowest BCUT2D eigenvalue weighted by Gasteiger charge is -2.22. The van der Waals surface area contributed by atoms with Crippen LogP contribution in [-0.2, 0) is 22.8 Å². The van der Waals surface area contributed by atoms with E-state index in [0.717, 1.165) is 28.3 Å². The largest absolute Gasteiger partial charge is 0.354 e. The first-order valence-corrected chi connectivity index (χ1v) is 14.2. The van der Waals surface area contributed by atoms with Crippen LogP contribution in [0.5, 0.6) is 0 Å². The topological polar surface area (TPSA) is 75.3 Å². The number of hydrogen-bond acceptors (Lipinski definition) is 5. The van der Waals surface area contributed by atoms with E-state index in [1.54, 1.807) is 43.0 Å². The lowest BCUT2D eigenvalue weighted by Crippen LogP contribution is -2.23. The molecule has 5 rings (SSSR count). The highest BCUT2D eigenvalue weighted by Gasteiger charge is 2.18. The maximum Gasteiger partial charge on any atom is 0.251 e. The number of carbonyl (C=O) groups is 1. The van der Waals surface area contributed by atoms with Gasteiger partial charge in [-0.2, -0.15) is 0 Å². The van der Waals surface area contributed by atoms with E-state index >= 15 is 0 Å².